The molecule has 2 atom stereocenters. The van der Waals surface area contributed by atoms with E-state index in [2.05, 4.69) is 48.3 Å². The van der Waals surface area contributed by atoms with E-state index >= 15 is 0 Å². The van der Waals surface area contributed by atoms with Crippen LogP contribution in [0, 0.1) is 5.92 Å². The summed E-state index contributed by atoms with van der Waals surface area (Å²) in [5.41, 5.74) is 2.57. The number of hydrogen-bond acceptors (Lipinski definition) is 4. The van der Waals surface area contributed by atoms with Gasteiger partial charge in [-0.05, 0) is 29.9 Å². The van der Waals surface area contributed by atoms with Gasteiger partial charge in [0.05, 0.1) is 19.8 Å². The zero-order valence-electron chi connectivity index (χ0n) is 16.8. The van der Waals surface area contributed by atoms with Crippen molar-refractivity contribution in [3.05, 3.63) is 35.4 Å². The molecule has 0 aromatic heterocycles. The molecule has 0 radical (unpaired) electrons. The van der Waals surface area contributed by atoms with Crippen LogP contribution < -0.4 is 5.32 Å². The fourth-order valence-corrected chi connectivity index (χ4v) is 3.99. The number of morpholine rings is 1. The summed E-state index contributed by atoms with van der Waals surface area (Å²) in [6.07, 6.45) is 2.41. The van der Waals surface area contributed by atoms with Crippen LogP contribution in [-0.4, -0.2) is 62.9 Å². The first-order valence-electron chi connectivity index (χ1n) is 10.4. The lowest BCUT2D eigenvalue weighted by atomic mass is 9.96. The lowest BCUT2D eigenvalue weighted by Gasteiger charge is -2.37. The second-order valence-electron chi connectivity index (χ2n) is 8.04. The van der Waals surface area contributed by atoms with Crippen LogP contribution in [-0.2, 0) is 20.7 Å². The second kappa shape index (κ2) is 10.2. The molecule has 3 rings (SSSR count). The Bertz CT molecular complexity index is 576. The summed E-state index contributed by atoms with van der Waals surface area (Å²) in [7, 11) is 0. The van der Waals surface area contributed by atoms with Crippen LogP contribution in [0.4, 0.5) is 0 Å². The highest BCUT2D eigenvalue weighted by Gasteiger charge is 2.31. The predicted molar refractivity (Wildman–Crippen MR) is 107 cm³/mol. The number of hydrogen-bond donors (Lipinski definition) is 1. The van der Waals surface area contributed by atoms with Crippen molar-refractivity contribution < 1.29 is 14.3 Å². The molecule has 1 aromatic rings. The number of nitrogens with one attached hydrogen (secondary N) is 1. The molecule has 0 aliphatic carbocycles. The Morgan fingerprint density at radius 3 is 2.52 bits per heavy atom. The van der Waals surface area contributed by atoms with Crippen LogP contribution in [0.2, 0.25) is 0 Å². The number of carbonyl (C=O) groups excluding carboxylic acids is 1. The number of amides is 1. The monoisotopic (exact) mass is 374 g/mol. The first-order valence-corrected chi connectivity index (χ1v) is 10.4. The molecule has 2 aliphatic rings. The van der Waals surface area contributed by atoms with Crippen molar-refractivity contribution in [1.82, 2.24) is 10.2 Å². The van der Waals surface area contributed by atoms with Crippen molar-refractivity contribution in [3.63, 3.8) is 0 Å². The maximum absolute atomic E-state index is 12.4. The summed E-state index contributed by atoms with van der Waals surface area (Å²) in [4.78, 5) is 14.9. The molecule has 2 fully saturated rings. The highest BCUT2D eigenvalue weighted by molar-refractivity contribution is 5.76. The van der Waals surface area contributed by atoms with E-state index in [9.17, 15) is 4.79 Å². The average molecular weight is 375 g/mol. The number of aryl methyl sites for hydroxylation is 1. The van der Waals surface area contributed by atoms with E-state index in [1.807, 2.05) is 0 Å². The van der Waals surface area contributed by atoms with Gasteiger partial charge in [-0.25, -0.2) is 0 Å². The summed E-state index contributed by atoms with van der Waals surface area (Å²) in [5.74, 6) is 1.19. The van der Waals surface area contributed by atoms with E-state index < -0.39 is 0 Å². The zero-order valence-corrected chi connectivity index (χ0v) is 16.8. The minimum Gasteiger partial charge on any atom is -0.381 e. The van der Waals surface area contributed by atoms with Crippen molar-refractivity contribution in [3.8, 4) is 0 Å². The predicted octanol–water partition coefficient (Wildman–Crippen LogP) is 2.60. The van der Waals surface area contributed by atoms with Gasteiger partial charge in [-0.15, -0.1) is 0 Å². The molecule has 2 saturated heterocycles. The summed E-state index contributed by atoms with van der Waals surface area (Å²) in [6.45, 7) is 10.2. The van der Waals surface area contributed by atoms with Crippen molar-refractivity contribution in [1.29, 1.82) is 0 Å². The molecule has 1 aromatic carbocycles. The lowest BCUT2D eigenvalue weighted by Crippen LogP contribution is -2.52. The third-order valence-corrected chi connectivity index (χ3v) is 5.82. The highest BCUT2D eigenvalue weighted by Crippen LogP contribution is 2.22. The Labute approximate surface area is 163 Å². The van der Waals surface area contributed by atoms with Gasteiger partial charge in [0, 0.05) is 44.6 Å². The van der Waals surface area contributed by atoms with Gasteiger partial charge < -0.3 is 14.8 Å². The number of benzene rings is 1. The molecular weight excluding hydrogens is 340 g/mol. The van der Waals surface area contributed by atoms with Crippen LogP contribution in [0.5, 0.6) is 0 Å². The molecule has 2 heterocycles. The number of nitrogens with zero attached hydrogens (tertiary/aromatic N) is 1. The van der Waals surface area contributed by atoms with Crippen LogP contribution in [0.1, 0.15) is 43.7 Å². The first kappa shape index (κ1) is 20.3. The molecule has 27 heavy (non-hydrogen) atoms. The fourth-order valence-electron chi connectivity index (χ4n) is 3.99. The van der Waals surface area contributed by atoms with Crippen molar-refractivity contribution in [2.45, 2.75) is 45.1 Å². The van der Waals surface area contributed by atoms with Crippen LogP contribution in [0.25, 0.3) is 0 Å². The third kappa shape index (κ3) is 6.03. The molecule has 150 valence electrons. The molecule has 0 bridgehead atoms. The van der Waals surface area contributed by atoms with Gasteiger partial charge >= 0.3 is 0 Å². The summed E-state index contributed by atoms with van der Waals surface area (Å²) >= 11 is 0. The molecule has 1 N–H and O–H groups in total. The molecule has 0 unspecified atom stereocenters. The SMILES string of the molecule is CC(C)c1ccc(CCC(=O)NC[C@H]([C@H]2CCOC2)N2CCOCC2)cc1. The smallest absolute Gasteiger partial charge is 0.220 e. The Morgan fingerprint density at radius 2 is 1.89 bits per heavy atom. The minimum atomic E-state index is 0.139. The summed E-state index contributed by atoms with van der Waals surface area (Å²) < 4.78 is 11.1. The first-order chi connectivity index (χ1) is 13.1. The quantitative estimate of drug-likeness (QED) is 0.760. The van der Waals surface area contributed by atoms with Gasteiger partial charge in [-0.2, -0.15) is 0 Å². The van der Waals surface area contributed by atoms with E-state index in [1.165, 1.54) is 11.1 Å². The molecule has 2 aliphatic heterocycles. The normalized spacial score (nSPS) is 22.1. The lowest BCUT2D eigenvalue weighted by molar-refractivity contribution is -0.121. The van der Waals surface area contributed by atoms with E-state index in [0.29, 0.717) is 30.8 Å². The van der Waals surface area contributed by atoms with Gasteiger partial charge in [0.15, 0.2) is 0 Å². The maximum Gasteiger partial charge on any atom is 0.220 e. The van der Waals surface area contributed by atoms with Gasteiger partial charge in [-0.3, -0.25) is 9.69 Å². The minimum absolute atomic E-state index is 0.139. The molecule has 5 heteroatoms. The van der Waals surface area contributed by atoms with Crippen LogP contribution in [0.15, 0.2) is 24.3 Å². The molecule has 0 saturated carbocycles. The Kier molecular flexibility index (Phi) is 7.68. The van der Waals surface area contributed by atoms with Crippen molar-refractivity contribution in [2.75, 3.05) is 46.1 Å². The highest BCUT2D eigenvalue weighted by atomic mass is 16.5. The molecule has 1 amide bonds. The van der Waals surface area contributed by atoms with E-state index in [0.717, 1.165) is 52.4 Å². The van der Waals surface area contributed by atoms with Gasteiger partial charge in [0.1, 0.15) is 0 Å². The van der Waals surface area contributed by atoms with Crippen LogP contribution in [0.3, 0.4) is 0 Å². The zero-order chi connectivity index (χ0) is 19.1. The van der Waals surface area contributed by atoms with E-state index in [1.54, 1.807) is 0 Å². The second-order valence-corrected chi connectivity index (χ2v) is 8.04. The Morgan fingerprint density at radius 1 is 1.15 bits per heavy atom. The Balaban J connectivity index is 1.46. The largest absolute Gasteiger partial charge is 0.381 e. The topological polar surface area (TPSA) is 50.8 Å². The molecule has 5 nitrogen and oxygen atoms in total. The number of rotatable bonds is 8. The standard InChI is InChI=1S/C22H34N2O3/c1-17(2)19-6-3-18(4-7-19)5-8-22(25)23-15-21(20-9-12-27-16-20)24-10-13-26-14-11-24/h3-4,6-7,17,20-21H,5,8-16H2,1-2H3,(H,23,25)/t20-,21+/m0/s1. The number of ether oxygens (including phenoxy) is 2. The number of carbonyl (C=O) groups is 1. The summed E-state index contributed by atoms with van der Waals surface area (Å²) in [6, 6.07) is 8.99. The Hall–Kier alpha value is -1.43. The van der Waals surface area contributed by atoms with Crippen molar-refractivity contribution in [2.24, 2.45) is 5.92 Å². The summed E-state index contributed by atoms with van der Waals surface area (Å²) in [5, 5.41) is 3.18. The van der Waals surface area contributed by atoms with E-state index in [-0.39, 0.29) is 5.91 Å². The molecule has 0 spiro atoms. The van der Waals surface area contributed by atoms with Gasteiger partial charge in [-0.1, -0.05) is 38.1 Å². The van der Waals surface area contributed by atoms with Gasteiger partial charge in [0.25, 0.3) is 0 Å². The van der Waals surface area contributed by atoms with E-state index in [4.69, 9.17) is 9.47 Å². The average Bonchev–Trinajstić information content (AvgIpc) is 3.22. The maximum atomic E-state index is 12.4. The fraction of sp³-hybridized carbons (Fsp3) is 0.682. The van der Waals surface area contributed by atoms with Crippen molar-refractivity contribution >= 4 is 5.91 Å². The van der Waals surface area contributed by atoms with Gasteiger partial charge in [0.2, 0.25) is 5.91 Å². The van der Waals surface area contributed by atoms with Crippen LogP contribution >= 0.6 is 0 Å². The molecular formula is C22H34N2O3. The third-order valence-electron chi connectivity index (χ3n) is 5.82.